The van der Waals surface area contributed by atoms with Gasteiger partial charge in [-0.05, 0) is 151 Å². The number of hydrogen-bond acceptors (Lipinski definition) is 11. The van der Waals surface area contributed by atoms with E-state index in [2.05, 4.69) is 277 Å². The van der Waals surface area contributed by atoms with E-state index in [0.29, 0.717) is 32.7 Å². The molecule has 0 spiro atoms. The van der Waals surface area contributed by atoms with Crippen molar-refractivity contribution in [2.75, 3.05) is 20.3 Å². The lowest BCUT2D eigenvalue weighted by Crippen LogP contribution is -2.66. The molecule has 7 rings (SSSR count). The van der Waals surface area contributed by atoms with Gasteiger partial charge in [0.25, 0.3) is 16.6 Å². The second-order valence-electron chi connectivity index (χ2n) is 32.6. The number of ether oxygens (including phenoxy) is 6. The van der Waals surface area contributed by atoms with E-state index < -0.39 is 57.1 Å². The number of hydrogen-bond donors (Lipinski definition) is 1. The molecule has 2 fully saturated rings. The van der Waals surface area contributed by atoms with Gasteiger partial charge in [-0.1, -0.05) is 255 Å². The van der Waals surface area contributed by atoms with Crippen LogP contribution in [0.5, 0.6) is 5.75 Å². The number of aliphatic hydroxyl groups excluding tert-OH is 1. The normalized spacial score (nSPS) is 21.0. The maximum absolute atomic E-state index is 11.3. The summed E-state index contributed by atoms with van der Waals surface area (Å²) in [5.74, 6) is -0.414. The molecule has 5 aromatic carbocycles. The number of methoxy groups -OCH3 is 1. The molecule has 10 atom stereocenters. The molecule has 1 N–H and O–H groups in total. The topological polar surface area (TPSA) is 113 Å². The third kappa shape index (κ3) is 20.7. The monoisotopic (exact) mass is 1370 g/mol. The third-order valence-electron chi connectivity index (χ3n) is 20.3. The molecule has 11 nitrogen and oxygen atoms in total. The Labute approximate surface area is 579 Å². The number of aliphatic hydroxyl groups is 1. The van der Waals surface area contributed by atoms with Crippen molar-refractivity contribution in [3.63, 3.8) is 0 Å². The molecule has 526 valence electrons. The lowest BCUT2D eigenvalue weighted by Gasteiger charge is -2.43. The van der Waals surface area contributed by atoms with Crippen molar-refractivity contribution in [2.45, 2.75) is 265 Å². The molecule has 0 bridgehead atoms. The Morgan fingerprint density at radius 3 is 1.13 bits per heavy atom. The Morgan fingerprint density at radius 1 is 0.453 bits per heavy atom. The van der Waals surface area contributed by atoms with Gasteiger partial charge in [-0.2, -0.15) is 0 Å². The molecular weight excluding hydrogens is 1250 g/mol. The van der Waals surface area contributed by atoms with E-state index in [1.165, 1.54) is 20.7 Å². The Hall–Kier alpha value is -4.15. The predicted molar refractivity (Wildman–Crippen MR) is 404 cm³/mol. The van der Waals surface area contributed by atoms with Gasteiger partial charge in [-0.15, -0.1) is 0 Å². The SMILES string of the molecule is COc1ccc(COC(/C=C\[C@@H](C)[C@H](C)O[Si](C)(C)C(C)(C)C)[C@H]2OC(C)(C)O[C@H]2CCO[Si](c2ccccc2)(c2ccccc2)C(C)(C)C)cc1.C[C@H](/C=C\C(O)[C@H]1OC(C)(C)O[C@H]1CCO[Si](c1ccccc1)(c1ccccc1)C(C)(C)C)[C@H](C)O[Si](C)(C)C(C)(C)C. The molecule has 2 heterocycles. The molecule has 0 amide bonds. The Kier molecular flexibility index (Phi) is 27.6. The first-order valence-electron chi connectivity index (χ1n) is 35.0. The van der Waals surface area contributed by atoms with Crippen molar-refractivity contribution in [1.29, 1.82) is 0 Å². The minimum Gasteiger partial charge on any atom is -0.497 e. The zero-order chi connectivity index (χ0) is 70.6. The maximum Gasteiger partial charge on any atom is 0.261 e. The summed E-state index contributed by atoms with van der Waals surface area (Å²) in [7, 11) is -7.52. The van der Waals surface area contributed by atoms with Crippen LogP contribution in [-0.4, -0.2) is 119 Å². The van der Waals surface area contributed by atoms with Crippen LogP contribution in [0.1, 0.15) is 157 Å². The number of benzene rings is 5. The summed E-state index contributed by atoms with van der Waals surface area (Å²) in [5.41, 5.74) is 1.06. The van der Waals surface area contributed by atoms with Crippen molar-refractivity contribution in [3.8, 4) is 5.75 Å². The van der Waals surface area contributed by atoms with E-state index in [1.807, 2.05) is 58.0 Å². The van der Waals surface area contributed by atoms with Crippen LogP contribution in [0.15, 0.2) is 170 Å². The summed E-state index contributed by atoms with van der Waals surface area (Å²) >= 11 is 0. The summed E-state index contributed by atoms with van der Waals surface area (Å²) in [6.07, 6.45) is 7.20. The fraction of sp³-hybridized carbons (Fsp3) is 0.575. The van der Waals surface area contributed by atoms with Gasteiger partial charge in [0, 0.05) is 25.4 Å². The Bertz CT molecular complexity index is 3050. The first kappa shape index (κ1) is 79.8. The quantitative estimate of drug-likeness (QED) is 0.0382. The molecule has 2 saturated heterocycles. The average Bonchev–Trinajstić information content (AvgIpc) is 1.52. The minimum atomic E-state index is -2.71. The second-order valence-corrected chi connectivity index (χ2v) is 50.8. The number of rotatable bonds is 28. The summed E-state index contributed by atoms with van der Waals surface area (Å²) < 4.78 is 65.9. The molecule has 5 aromatic rings. The summed E-state index contributed by atoms with van der Waals surface area (Å²) in [4.78, 5) is 0. The summed E-state index contributed by atoms with van der Waals surface area (Å²) in [5, 5.41) is 16.4. The van der Waals surface area contributed by atoms with Crippen molar-refractivity contribution in [1.82, 2.24) is 0 Å². The molecule has 0 aromatic heterocycles. The lowest BCUT2D eigenvalue weighted by atomic mass is 10.0. The lowest BCUT2D eigenvalue weighted by molar-refractivity contribution is -0.157. The molecular formula is C80H124O11Si4. The molecule has 0 aliphatic carbocycles. The zero-order valence-electron chi connectivity index (χ0n) is 63.0. The van der Waals surface area contributed by atoms with Gasteiger partial charge in [0.1, 0.15) is 30.2 Å². The highest BCUT2D eigenvalue weighted by Gasteiger charge is 2.53. The van der Waals surface area contributed by atoms with Crippen molar-refractivity contribution in [2.24, 2.45) is 11.8 Å². The molecule has 2 aliphatic rings. The third-order valence-corrected chi connectivity index (χ3v) is 39.5. The van der Waals surface area contributed by atoms with E-state index in [9.17, 15) is 5.11 Å². The van der Waals surface area contributed by atoms with Crippen LogP contribution in [0.25, 0.3) is 0 Å². The van der Waals surface area contributed by atoms with Crippen molar-refractivity contribution < 1.29 is 51.2 Å². The van der Waals surface area contributed by atoms with E-state index in [1.54, 1.807) is 7.11 Å². The minimum absolute atomic E-state index is 0.0529. The van der Waals surface area contributed by atoms with Crippen LogP contribution in [0, 0.1) is 11.8 Å². The molecule has 95 heavy (non-hydrogen) atoms. The molecule has 15 heteroatoms. The predicted octanol–water partition coefficient (Wildman–Crippen LogP) is 17.1. The fourth-order valence-electron chi connectivity index (χ4n) is 12.6. The van der Waals surface area contributed by atoms with E-state index in [4.69, 9.17) is 46.1 Å². The zero-order valence-corrected chi connectivity index (χ0v) is 67.0. The highest BCUT2D eigenvalue weighted by molar-refractivity contribution is 7.00. The second kappa shape index (κ2) is 32.9. The van der Waals surface area contributed by atoms with Crippen LogP contribution in [0.2, 0.25) is 46.3 Å². The highest BCUT2D eigenvalue weighted by atomic mass is 28.4. The average molecular weight is 1370 g/mol. The summed E-state index contributed by atoms with van der Waals surface area (Å²) in [6.45, 7) is 54.5. The van der Waals surface area contributed by atoms with Crippen LogP contribution < -0.4 is 25.5 Å². The molecule has 2 aliphatic heterocycles. The molecule has 2 unspecified atom stereocenters. The van der Waals surface area contributed by atoms with Crippen molar-refractivity contribution >= 4 is 54.0 Å². The Balaban J connectivity index is 0.000000306. The van der Waals surface area contributed by atoms with Gasteiger partial charge >= 0.3 is 0 Å². The van der Waals surface area contributed by atoms with Crippen LogP contribution >= 0.6 is 0 Å². The van der Waals surface area contributed by atoms with E-state index in [0.717, 1.165) is 11.3 Å². The molecule has 0 radical (unpaired) electrons. The van der Waals surface area contributed by atoms with Crippen LogP contribution in [-0.2, 0) is 48.0 Å². The highest BCUT2D eigenvalue weighted by Crippen LogP contribution is 2.43. The summed E-state index contributed by atoms with van der Waals surface area (Å²) in [6, 6.07) is 50.9. The van der Waals surface area contributed by atoms with Gasteiger partial charge in [0.2, 0.25) is 0 Å². The van der Waals surface area contributed by atoms with E-state index in [-0.39, 0.29) is 68.6 Å². The first-order valence-corrected chi connectivity index (χ1v) is 44.6. The largest absolute Gasteiger partial charge is 0.497 e. The van der Waals surface area contributed by atoms with E-state index >= 15 is 0 Å². The van der Waals surface area contributed by atoms with Crippen LogP contribution in [0.4, 0.5) is 0 Å². The van der Waals surface area contributed by atoms with Gasteiger partial charge in [-0.25, -0.2) is 0 Å². The van der Waals surface area contributed by atoms with Gasteiger partial charge in [-0.3, -0.25) is 0 Å². The molecule has 0 saturated carbocycles. The first-order chi connectivity index (χ1) is 44.1. The fourth-order valence-corrected chi connectivity index (χ4v) is 24.7. The Morgan fingerprint density at radius 2 is 0.789 bits per heavy atom. The standard InChI is InChI=1S/C44H66O6Si2.C36H58O5Si2/c1-33(34(2)50-51(12,13)42(3,4)5)24-29-39(46-32-35-25-27-36(45-11)28-26-35)41-40(48-44(9,10)49-41)30-31-47-52(43(6,7)8,37-20-16-14-17-21-37)38-22-18-15-19-23-38;1-27(28(2)41-42(11,12)34(3,4)5)23-24-31(37)33-32(39-36(9,10)40-33)25-26-38-43(35(6,7)8,29-19-15-13-16-20-29)30-21-17-14-18-22-30/h14-29,33-34,39-41H,30-32H2,1-13H3;13-24,27-28,31-33,37H,25-26H2,1-12H3/b29-24-;24-23-/t33-,34+,39?,40+,41-;27-,28+,31?,32+,33-/m11/s1. The van der Waals surface area contributed by atoms with Crippen LogP contribution in [0.3, 0.4) is 0 Å². The smallest absolute Gasteiger partial charge is 0.261 e. The maximum atomic E-state index is 11.3. The van der Waals surface area contributed by atoms with Crippen molar-refractivity contribution in [3.05, 3.63) is 175 Å². The van der Waals surface area contributed by atoms with Gasteiger partial charge in [0.15, 0.2) is 28.2 Å². The van der Waals surface area contributed by atoms with Gasteiger partial charge in [0.05, 0.1) is 25.9 Å². The van der Waals surface area contributed by atoms with Gasteiger partial charge < -0.3 is 51.2 Å².